The molecular weight excluding hydrogens is 530 g/mol. The van der Waals surface area contributed by atoms with Crippen LogP contribution in [-0.2, 0) is 14.3 Å². The van der Waals surface area contributed by atoms with Gasteiger partial charge in [-0.05, 0) is 101 Å². The summed E-state index contributed by atoms with van der Waals surface area (Å²) in [5, 5.41) is 18.5. The first-order valence-corrected chi connectivity index (χ1v) is 16.8. The Morgan fingerprint density at radius 2 is 1.69 bits per heavy atom. The summed E-state index contributed by atoms with van der Waals surface area (Å²) in [6, 6.07) is 0.562. The first kappa shape index (κ1) is 31.1. The van der Waals surface area contributed by atoms with Crippen LogP contribution in [0.2, 0.25) is 0 Å². The fourth-order valence-electron chi connectivity index (χ4n) is 8.42. The van der Waals surface area contributed by atoms with Gasteiger partial charge in [0.2, 0.25) is 5.88 Å². The third-order valence-corrected chi connectivity index (χ3v) is 10.5. The number of ether oxygens (including phenoxy) is 2. The van der Waals surface area contributed by atoms with Crippen molar-refractivity contribution in [1.82, 2.24) is 20.9 Å². The zero-order chi connectivity index (χ0) is 29.9. The van der Waals surface area contributed by atoms with E-state index in [1.54, 1.807) is 4.90 Å². The molecule has 2 amide bonds. The molecule has 9 heteroatoms. The van der Waals surface area contributed by atoms with Crippen LogP contribution in [0.3, 0.4) is 0 Å². The molecule has 236 valence electrons. The summed E-state index contributed by atoms with van der Waals surface area (Å²) in [4.78, 5) is 27.7. The molecule has 0 aromatic heterocycles. The Labute approximate surface area is 252 Å². The van der Waals surface area contributed by atoms with Crippen LogP contribution in [0.4, 0.5) is 4.79 Å². The van der Waals surface area contributed by atoms with Crippen LogP contribution in [-0.4, -0.2) is 73.6 Å². The van der Waals surface area contributed by atoms with Gasteiger partial charge < -0.3 is 35.7 Å². The van der Waals surface area contributed by atoms with Gasteiger partial charge >= 0.3 is 6.09 Å². The molecule has 4 N–H and O–H groups in total. The van der Waals surface area contributed by atoms with Crippen LogP contribution in [0.15, 0.2) is 11.5 Å². The molecule has 42 heavy (non-hydrogen) atoms. The van der Waals surface area contributed by atoms with E-state index in [9.17, 15) is 9.59 Å². The number of nitrogens with zero attached hydrogens (tertiary/aromatic N) is 1. The molecule has 0 aromatic carbocycles. The minimum atomic E-state index is -0.483. The van der Waals surface area contributed by atoms with Gasteiger partial charge in [-0.2, -0.15) is 0 Å². The molecule has 1 aliphatic heterocycles. The highest BCUT2D eigenvalue weighted by molar-refractivity contribution is 6.11. The Morgan fingerprint density at radius 3 is 2.38 bits per heavy atom. The molecule has 0 spiro atoms. The van der Waals surface area contributed by atoms with Crippen LogP contribution >= 0.6 is 0 Å². The summed E-state index contributed by atoms with van der Waals surface area (Å²) in [6.45, 7) is 11.3. The normalized spacial score (nSPS) is 32.0. The zero-order valence-corrected chi connectivity index (χ0v) is 26.4. The molecule has 6 unspecified atom stereocenters. The van der Waals surface area contributed by atoms with Crippen LogP contribution in [0.25, 0.3) is 0 Å². The largest absolute Gasteiger partial charge is 0.478 e. The number of amides is 2. The summed E-state index contributed by atoms with van der Waals surface area (Å²) < 4.78 is 11.8. The smallest absolute Gasteiger partial charge is 0.410 e. The molecular formula is C33H55N5O4. The van der Waals surface area contributed by atoms with E-state index < -0.39 is 5.60 Å². The van der Waals surface area contributed by atoms with Crippen molar-refractivity contribution >= 4 is 18.2 Å². The van der Waals surface area contributed by atoms with Crippen molar-refractivity contribution < 1.29 is 19.1 Å². The van der Waals surface area contributed by atoms with E-state index in [4.69, 9.17) is 14.9 Å². The van der Waals surface area contributed by atoms with Gasteiger partial charge in [-0.25, -0.2) is 4.79 Å². The van der Waals surface area contributed by atoms with Crippen molar-refractivity contribution in [2.75, 3.05) is 32.8 Å². The van der Waals surface area contributed by atoms with Gasteiger partial charge in [-0.1, -0.05) is 26.2 Å². The molecule has 5 fully saturated rings. The van der Waals surface area contributed by atoms with Gasteiger partial charge in [0.25, 0.3) is 5.91 Å². The van der Waals surface area contributed by atoms with Crippen molar-refractivity contribution in [3.8, 4) is 0 Å². The summed E-state index contributed by atoms with van der Waals surface area (Å²) in [5.74, 6) is 4.39. The van der Waals surface area contributed by atoms with Crippen molar-refractivity contribution in [3.63, 3.8) is 0 Å². The van der Waals surface area contributed by atoms with Crippen molar-refractivity contribution in [2.24, 2.45) is 35.5 Å². The Balaban J connectivity index is 1.13. The third-order valence-electron chi connectivity index (χ3n) is 10.5. The minimum Gasteiger partial charge on any atom is -0.478 e. The maximum absolute atomic E-state index is 13.5. The molecule has 5 rings (SSSR count). The number of hydrogen-bond donors (Lipinski definition) is 4. The molecule has 1 saturated heterocycles. The van der Waals surface area contributed by atoms with E-state index in [0.29, 0.717) is 68.0 Å². The van der Waals surface area contributed by atoms with E-state index in [2.05, 4.69) is 22.9 Å². The molecule has 4 saturated carbocycles. The zero-order valence-electron chi connectivity index (χ0n) is 26.4. The van der Waals surface area contributed by atoms with Gasteiger partial charge in [0.15, 0.2) is 0 Å². The predicted molar refractivity (Wildman–Crippen MR) is 164 cm³/mol. The third kappa shape index (κ3) is 7.43. The van der Waals surface area contributed by atoms with Crippen LogP contribution in [0, 0.1) is 40.9 Å². The molecule has 9 nitrogen and oxygen atoms in total. The first-order chi connectivity index (χ1) is 20.1. The molecule has 0 aromatic rings. The maximum atomic E-state index is 13.5. The Bertz CT molecular complexity index is 995. The van der Waals surface area contributed by atoms with Gasteiger partial charge in [-0.3, -0.25) is 4.79 Å². The number of carbonyl (C=O) groups excluding carboxylic acids is 2. The summed E-state index contributed by atoms with van der Waals surface area (Å²) in [5.41, 5.74) is -0.178. The van der Waals surface area contributed by atoms with Gasteiger partial charge in [-0.15, -0.1) is 0 Å². The average Bonchev–Trinajstić information content (AvgIpc) is 2.93. The molecule has 4 aliphatic carbocycles. The second kappa shape index (κ2) is 13.6. The number of carbonyl (C=O) groups is 2. The van der Waals surface area contributed by atoms with E-state index in [1.807, 2.05) is 20.8 Å². The Kier molecular flexibility index (Phi) is 10.1. The topological polar surface area (TPSA) is 116 Å². The molecule has 6 atom stereocenters. The van der Waals surface area contributed by atoms with Crippen molar-refractivity contribution in [1.29, 1.82) is 5.41 Å². The van der Waals surface area contributed by atoms with Crippen molar-refractivity contribution in [3.05, 3.63) is 11.5 Å². The highest BCUT2D eigenvalue weighted by Crippen LogP contribution is 2.64. The highest BCUT2D eigenvalue weighted by atomic mass is 16.6. The average molecular weight is 586 g/mol. The molecule has 0 radical (unpaired) electrons. The minimum absolute atomic E-state index is 0.177. The van der Waals surface area contributed by atoms with Crippen LogP contribution < -0.4 is 16.0 Å². The Hall–Kier alpha value is -2.29. The number of nitrogens with one attached hydrogen (secondary N) is 4. The summed E-state index contributed by atoms with van der Waals surface area (Å²) in [7, 11) is 0. The predicted octanol–water partition coefficient (Wildman–Crippen LogP) is 4.82. The first-order valence-electron chi connectivity index (χ1n) is 16.8. The van der Waals surface area contributed by atoms with E-state index in [0.717, 1.165) is 43.4 Å². The van der Waals surface area contributed by atoms with Gasteiger partial charge in [0.1, 0.15) is 11.2 Å². The quantitative estimate of drug-likeness (QED) is 0.120. The maximum Gasteiger partial charge on any atom is 0.410 e. The molecule has 0 bridgehead atoms. The lowest BCUT2D eigenvalue weighted by atomic mass is 9.40. The number of likely N-dealkylation sites (tertiary alicyclic amines) is 1. The second-order valence-corrected chi connectivity index (χ2v) is 14.8. The fourth-order valence-corrected chi connectivity index (χ4v) is 8.42. The van der Waals surface area contributed by atoms with Gasteiger partial charge in [0, 0.05) is 44.5 Å². The monoisotopic (exact) mass is 585 g/mol. The highest BCUT2D eigenvalue weighted by Gasteiger charge is 2.62. The van der Waals surface area contributed by atoms with Crippen LogP contribution in [0.5, 0.6) is 0 Å². The van der Waals surface area contributed by atoms with E-state index >= 15 is 0 Å². The lowest BCUT2D eigenvalue weighted by Crippen LogP contribution is -2.69. The Morgan fingerprint density at radius 1 is 0.976 bits per heavy atom. The molecule has 1 heterocycles. The molecule has 5 aliphatic rings. The lowest BCUT2D eigenvalue weighted by Gasteiger charge is -2.67. The van der Waals surface area contributed by atoms with Gasteiger partial charge in [0.05, 0.1) is 6.61 Å². The standard InChI is InChI=1S/C33H55N5O4/c1-21-16-23-18-26-28(23)25(17-21)29(26)37-30(39)27(19-34)31(41-20-22-8-6-5-7-9-22)36-13-12-35-24-10-14-38(15-11-24)32(40)42-33(2,3)4/h19,21-26,28-29,34-36H,5-18,20H2,1-4H3,(H,37,39)/b31-27-,34-19?. The summed E-state index contributed by atoms with van der Waals surface area (Å²) in [6.07, 6.45) is 12.6. The van der Waals surface area contributed by atoms with Crippen molar-refractivity contribution in [2.45, 2.75) is 110 Å². The van der Waals surface area contributed by atoms with Crippen LogP contribution in [0.1, 0.15) is 91.9 Å². The number of piperidine rings is 1. The SMILES string of the molecule is CC1CC2CC3C(NC(=O)/C(C=N)=C(/NCCNC4CCN(C(=O)OC(C)(C)C)CC4)OCC4CCCCC4)C(C1)C23. The van der Waals surface area contributed by atoms with E-state index in [1.165, 1.54) is 44.7 Å². The van der Waals surface area contributed by atoms with E-state index in [-0.39, 0.29) is 18.0 Å². The summed E-state index contributed by atoms with van der Waals surface area (Å²) >= 11 is 0. The fraction of sp³-hybridized carbons (Fsp3) is 0.848. The number of rotatable bonds is 11. The number of hydrogen-bond acceptors (Lipinski definition) is 7. The second-order valence-electron chi connectivity index (χ2n) is 14.8. The lowest BCUT2D eigenvalue weighted by molar-refractivity contribution is -0.167.